The molecule has 0 aromatic heterocycles. The highest BCUT2D eigenvalue weighted by Gasteiger charge is 2.39. The van der Waals surface area contributed by atoms with E-state index in [9.17, 15) is 9.90 Å². The van der Waals surface area contributed by atoms with Crippen molar-refractivity contribution in [1.82, 2.24) is 10.6 Å². The molecule has 3 N–H and O–H groups in total. The summed E-state index contributed by atoms with van der Waals surface area (Å²) in [5.41, 5.74) is 1.33. The van der Waals surface area contributed by atoms with E-state index in [1.165, 1.54) is 5.56 Å². The van der Waals surface area contributed by atoms with Crippen LogP contribution in [-0.2, 0) is 14.9 Å². The smallest absolute Gasteiger partial charge is 0.252 e. The molecule has 25 heavy (non-hydrogen) atoms. The summed E-state index contributed by atoms with van der Waals surface area (Å²) in [7, 11) is 1.58. The van der Waals surface area contributed by atoms with Crippen LogP contribution in [0.2, 0.25) is 0 Å². The highest BCUT2D eigenvalue weighted by atomic mass is 35.5. The van der Waals surface area contributed by atoms with E-state index in [4.69, 9.17) is 4.74 Å². The van der Waals surface area contributed by atoms with Gasteiger partial charge in [-0.2, -0.15) is 0 Å². The van der Waals surface area contributed by atoms with Crippen molar-refractivity contribution in [3.8, 4) is 0 Å². The van der Waals surface area contributed by atoms with Crippen LogP contribution in [-0.4, -0.2) is 43.4 Å². The Morgan fingerprint density at radius 2 is 1.84 bits per heavy atom. The van der Waals surface area contributed by atoms with Crippen molar-refractivity contribution in [3.63, 3.8) is 0 Å². The van der Waals surface area contributed by atoms with Crippen molar-refractivity contribution in [3.05, 3.63) is 35.4 Å². The number of hydrogen-bond donors (Lipinski definition) is 3. The summed E-state index contributed by atoms with van der Waals surface area (Å²) in [5.74, 6) is -0.142. The zero-order valence-corrected chi connectivity index (χ0v) is 16.4. The number of halogens is 1. The Bertz CT molecular complexity index is 549. The van der Waals surface area contributed by atoms with Gasteiger partial charge in [0.15, 0.2) is 0 Å². The highest BCUT2D eigenvalue weighted by molar-refractivity contribution is 5.85. The summed E-state index contributed by atoms with van der Waals surface area (Å²) in [6.07, 6.45) is 0.566. The number of carbonyl (C=O) groups excluding carboxylic acids is 1. The van der Waals surface area contributed by atoms with Crippen molar-refractivity contribution in [2.45, 2.75) is 50.7 Å². The third-order valence-electron chi connectivity index (χ3n) is 4.83. The number of amides is 1. The van der Waals surface area contributed by atoms with Gasteiger partial charge in [-0.3, -0.25) is 4.79 Å². The minimum Gasteiger partial charge on any atom is -0.387 e. The van der Waals surface area contributed by atoms with Crippen LogP contribution < -0.4 is 10.6 Å². The molecule has 1 atom stereocenters. The van der Waals surface area contributed by atoms with E-state index in [1.54, 1.807) is 7.11 Å². The predicted molar refractivity (Wildman–Crippen MR) is 102 cm³/mol. The van der Waals surface area contributed by atoms with Gasteiger partial charge in [0.2, 0.25) is 0 Å². The summed E-state index contributed by atoms with van der Waals surface area (Å²) >= 11 is 0. The summed E-state index contributed by atoms with van der Waals surface area (Å²) in [6, 6.07) is 7.91. The summed E-state index contributed by atoms with van der Waals surface area (Å²) in [4.78, 5) is 12.5. The first-order valence-electron chi connectivity index (χ1n) is 8.61. The van der Waals surface area contributed by atoms with Gasteiger partial charge in [-0.05, 0) is 42.5 Å². The number of piperidine rings is 1. The molecule has 0 spiro atoms. The SMILES string of the molecule is COC1(C(=O)NCC(O)c2ccc(C(C)(C)C)cc2)CCNCC1.Cl. The number of aliphatic hydroxyl groups excluding tert-OH is 1. The Labute approximate surface area is 156 Å². The quantitative estimate of drug-likeness (QED) is 0.744. The van der Waals surface area contributed by atoms with Crippen LogP contribution in [0.1, 0.15) is 50.8 Å². The lowest BCUT2D eigenvalue weighted by molar-refractivity contribution is -0.147. The number of carbonyl (C=O) groups is 1. The first-order chi connectivity index (χ1) is 11.3. The van der Waals surface area contributed by atoms with Crippen LogP contribution >= 0.6 is 12.4 Å². The normalized spacial score (nSPS) is 18.1. The maximum absolute atomic E-state index is 12.5. The lowest BCUT2D eigenvalue weighted by Crippen LogP contribution is -2.54. The second-order valence-electron chi connectivity index (χ2n) is 7.55. The van der Waals surface area contributed by atoms with E-state index in [0.717, 1.165) is 18.7 Å². The largest absolute Gasteiger partial charge is 0.387 e. The molecular weight excluding hydrogens is 340 g/mol. The average Bonchev–Trinajstić information content (AvgIpc) is 2.59. The third kappa shape index (κ3) is 5.42. The molecule has 1 aromatic rings. The van der Waals surface area contributed by atoms with Gasteiger partial charge in [-0.1, -0.05) is 45.0 Å². The first kappa shape index (κ1) is 21.9. The Morgan fingerprint density at radius 1 is 1.28 bits per heavy atom. The van der Waals surface area contributed by atoms with Crippen molar-refractivity contribution < 1.29 is 14.6 Å². The molecule has 2 rings (SSSR count). The van der Waals surface area contributed by atoms with Crippen LogP contribution in [0.25, 0.3) is 0 Å². The number of benzene rings is 1. The molecule has 0 bridgehead atoms. The zero-order chi connectivity index (χ0) is 17.8. The van der Waals surface area contributed by atoms with Gasteiger partial charge in [0.25, 0.3) is 5.91 Å². The van der Waals surface area contributed by atoms with Crippen LogP contribution in [0.4, 0.5) is 0 Å². The summed E-state index contributed by atoms with van der Waals surface area (Å²) in [6.45, 7) is 8.17. The second kappa shape index (κ2) is 8.99. The fraction of sp³-hybridized carbons (Fsp3) is 0.632. The molecule has 0 radical (unpaired) electrons. The molecule has 5 nitrogen and oxygen atoms in total. The van der Waals surface area contributed by atoms with Gasteiger partial charge < -0.3 is 20.5 Å². The summed E-state index contributed by atoms with van der Waals surface area (Å²) in [5, 5.41) is 16.4. The maximum atomic E-state index is 12.5. The molecule has 1 aliphatic rings. The average molecular weight is 371 g/mol. The second-order valence-corrected chi connectivity index (χ2v) is 7.55. The van der Waals surface area contributed by atoms with Crippen LogP contribution in [0.15, 0.2) is 24.3 Å². The van der Waals surface area contributed by atoms with Crippen LogP contribution in [0, 0.1) is 0 Å². The lowest BCUT2D eigenvalue weighted by atomic mass is 9.86. The Balaban J connectivity index is 0.00000312. The monoisotopic (exact) mass is 370 g/mol. The Morgan fingerprint density at radius 3 is 2.32 bits per heavy atom. The predicted octanol–water partition coefficient (Wildman–Crippen LogP) is 2.32. The van der Waals surface area contributed by atoms with Gasteiger partial charge in [-0.25, -0.2) is 0 Å². The lowest BCUT2D eigenvalue weighted by Gasteiger charge is -2.35. The standard InChI is InChI=1S/C19H30N2O3.ClH/c1-18(2,3)15-7-5-14(6-8-15)16(22)13-21-17(23)19(24-4)9-11-20-12-10-19;/h5-8,16,20,22H,9-13H2,1-4H3,(H,21,23);1H. The fourth-order valence-electron chi connectivity index (χ4n) is 3.03. The highest BCUT2D eigenvalue weighted by Crippen LogP contribution is 2.25. The summed E-state index contributed by atoms with van der Waals surface area (Å²) < 4.78 is 5.50. The van der Waals surface area contributed by atoms with Crippen LogP contribution in [0.3, 0.4) is 0 Å². The first-order valence-corrected chi connectivity index (χ1v) is 8.61. The minimum atomic E-state index is -0.777. The molecule has 1 aromatic carbocycles. The van der Waals surface area contributed by atoms with E-state index in [0.29, 0.717) is 12.8 Å². The number of ether oxygens (including phenoxy) is 1. The maximum Gasteiger partial charge on any atom is 0.252 e. The zero-order valence-electron chi connectivity index (χ0n) is 15.6. The van der Waals surface area contributed by atoms with E-state index >= 15 is 0 Å². The number of hydrogen-bond acceptors (Lipinski definition) is 4. The number of methoxy groups -OCH3 is 1. The Kier molecular flexibility index (Phi) is 7.88. The number of aliphatic hydroxyl groups is 1. The van der Waals surface area contributed by atoms with Crippen molar-refractivity contribution in [2.24, 2.45) is 0 Å². The molecule has 1 saturated heterocycles. The topological polar surface area (TPSA) is 70.6 Å². The molecule has 142 valence electrons. The fourth-order valence-corrected chi connectivity index (χ4v) is 3.03. The van der Waals surface area contributed by atoms with E-state index in [2.05, 4.69) is 31.4 Å². The van der Waals surface area contributed by atoms with Crippen LogP contribution in [0.5, 0.6) is 0 Å². The molecule has 1 unspecified atom stereocenters. The molecular formula is C19H31ClN2O3. The molecule has 1 amide bonds. The van der Waals surface area contributed by atoms with E-state index < -0.39 is 11.7 Å². The minimum absolute atomic E-state index is 0. The van der Waals surface area contributed by atoms with Gasteiger partial charge in [0, 0.05) is 13.7 Å². The molecule has 1 heterocycles. The Hall–Kier alpha value is -1.14. The van der Waals surface area contributed by atoms with Crippen molar-refractivity contribution in [2.75, 3.05) is 26.7 Å². The van der Waals surface area contributed by atoms with Crippen molar-refractivity contribution in [1.29, 1.82) is 0 Å². The van der Waals surface area contributed by atoms with Gasteiger partial charge in [0.1, 0.15) is 5.60 Å². The molecule has 1 fully saturated rings. The third-order valence-corrected chi connectivity index (χ3v) is 4.83. The van der Waals surface area contributed by atoms with E-state index in [1.807, 2.05) is 24.3 Å². The molecule has 0 saturated carbocycles. The van der Waals surface area contributed by atoms with Crippen molar-refractivity contribution >= 4 is 18.3 Å². The van der Waals surface area contributed by atoms with E-state index in [-0.39, 0.29) is 30.3 Å². The molecule has 6 heteroatoms. The number of rotatable bonds is 5. The molecule has 0 aliphatic carbocycles. The van der Waals surface area contributed by atoms with Gasteiger partial charge in [-0.15, -0.1) is 12.4 Å². The van der Waals surface area contributed by atoms with Gasteiger partial charge in [0.05, 0.1) is 6.10 Å². The van der Waals surface area contributed by atoms with Gasteiger partial charge >= 0.3 is 0 Å². The molecule has 1 aliphatic heterocycles. The number of nitrogens with one attached hydrogen (secondary N) is 2.